The van der Waals surface area contributed by atoms with Crippen molar-refractivity contribution in [2.24, 2.45) is 0 Å². The Morgan fingerprint density at radius 3 is 1.59 bits per heavy atom. The molecule has 0 radical (unpaired) electrons. The minimum atomic E-state index is 0.585. The quantitative estimate of drug-likeness (QED) is 0.630. The van der Waals surface area contributed by atoms with Crippen LogP contribution in [-0.2, 0) is 0 Å². The monoisotopic (exact) mass is 404 g/mol. The molecule has 0 bridgehead atoms. The van der Waals surface area contributed by atoms with Crippen molar-refractivity contribution in [1.29, 1.82) is 0 Å². The van der Waals surface area contributed by atoms with Gasteiger partial charge in [0.15, 0.2) is 0 Å². The van der Waals surface area contributed by atoms with Crippen LogP contribution >= 0.6 is 0 Å². The zero-order valence-electron chi connectivity index (χ0n) is 18.7. The van der Waals surface area contributed by atoms with Crippen molar-refractivity contribution in [2.45, 2.75) is 74.5 Å². The Kier molecular flexibility index (Phi) is 6.21. The molecule has 29 heavy (non-hydrogen) atoms. The lowest BCUT2D eigenvalue weighted by Crippen LogP contribution is -2.68. The topological polar surface area (TPSA) is 45.8 Å². The molecule has 0 aromatic rings. The SMILES string of the molecule is C1CN(C2CCNCC2)C2(C1)CNC2.CN1CC2(CCCN2C2CCNCC2)C1. The molecular weight excluding hydrogens is 360 g/mol. The highest BCUT2D eigenvalue weighted by atomic mass is 15.4. The fourth-order valence-corrected chi connectivity index (χ4v) is 7.39. The van der Waals surface area contributed by atoms with Gasteiger partial charge in [0.05, 0.1) is 0 Å². The zero-order chi connectivity index (χ0) is 19.7. The number of hydrogen-bond donors (Lipinski definition) is 3. The van der Waals surface area contributed by atoms with Gasteiger partial charge >= 0.3 is 0 Å². The van der Waals surface area contributed by atoms with Crippen molar-refractivity contribution in [3.63, 3.8) is 0 Å². The van der Waals surface area contributed by atoms with Crippen LogP contribution in [0.2, 0.25) is 0 Å². The molecule has 0 atom stereocenters. The molecule has 6 nitrogen and oxygen atoms in total. The van der Waals surface area contributed by atoms with E-state index < -0.39 is 0 Å². The third kappa shape index (κ3) is 4.01. The lowest BCUT2D eigenvalue weighted by molar-refractivity contribution is -0.0425. The Morgan fingerprint density at radius 1 is 0.655 bits per heavy atom. The molecule has 6 saturated heterocycles. The molecule has 0 saturated carbocycles. The maximum atomic E-state index is 3.47. The first-order valence-corrected chi connectivity index (χ1v) is 12.6. The Hall–Kier alpha value is -0.240. The van der Waals surface area contributed by atoms with Gasteiger partial charge in [-0.25, -0.2) is 0 Å². The zero-order valence-corrected chi connectivity index (χ0v) is 18.7. The largest absolute Gasteiger partial charge is 0.317 e. The van der Waals surface area contributed by atoms with E-state index in [-0.39, 0.29) is 0 Å². The first-order valence-electron chi connectivity index (χ1n) is 12.6. The van der Waals surface area contributed by atoms with Gasteiger partial charge in [-0.15, -0.1) is 0 Å². The summed E-state index contributed by atoms with van der Waals surface area (Å²) in [5.74, 6) is 0. The highest BCUT2D eigenvalue weighted by Crippen LogP contribution is 2.39. The number of nitrogens with one attached hydrogen (secondary N) is 3. The summed E-state index contributed by atoms with van der Waals surface area (Å²) in [7, 11) is 2.25. The van der Waals surface area contributed by atoms with E-state index in [9.17, 15) is 0 Å². The van der Waals surface area contributed by atoms with Gasteiger partial charge in [0.2, 0.25) is 0 Å². The van der Waals surface area contributed by atoms with Gasteiger partial charge in [-0.2, -0.15) is 0 Å². The first kappa shape index (κ1) is 20.7. The second kappa shape index (κ2) is 8.71. The fraction of sp³-hybridized carbons (Fsp3) is 1.00. The van der Waals surface area contributed by atoms with Crippen molar-refractivity contribution in [1.82, 2.24) is 30.7 Å². The van der Waals surface area contributed by atoms with Crippen molar-refractivity contribution in [3.8, 4) is 0 Å². The normalized spacial score (nSPS) is 33.4. The second-order valence-electron chi connectivity index (χ2n) is 10.8. The van der Waals surface area contributed by atoms with E-state index in [4.69, 9.17) is 0 Å². The van der Waals surface area contributed by atoms with Gasteiger partial charge in [-0.05, 0) is 97.7 Å². The van der Waals surface area contributed by atoms with E-state index in [2.05, 4.69) is 37.7 Å². The summed E-state index contributed by atoms with van der Waals surface area (Å²) in [6.45, 7) is 12.8. The van der Waals surface area contributed by atoms with Crippen LogP contribution in [-0.4, -0.2) is 110 Å². The summed E-state index contributed by atoms with van der Waals surface area (Å²) in [5, 5.41) is 10.4. The number of nitrogens with zero attached hydrogens (tertiary/aromatic N) is 3. The number of likely N-dealkylation sites (N-methyl/N-ethyl adjacent to an activating group) is 1. The third-order valence-corrected chi connectivity index (χ3v) is 8.84. The molecular formula is C23H44N6. The molecule has 0 amide bonds. The highest BCUT2D eigenvalue weighted by Gasteiger charge is 2.51. The van der Waals surface area contributed by atoms with Gasteiger partial charge in [-0.1, -0.05) is 0 Å². The summed E-state index contributed by atoms with van der Waals surface area (Å²) in [5.41, 5.74) is 1.18. The molecule has 0 aromatic heterocycles. The van der Waals surface area contributed by atoms with Gasteiger partial charge in [0.1, 0.15) is 0 Å². The molecule has 6 fully saturated rings. The molecule has 0 unspecified atom stereocenters. The summed E-state index contributed by atoms with van der Waals surface area (Å²) in [4.78, 5) is 8.15. The van der Waals surface area contributed by atoms with Crippen LogP contribution in [0.25, 0.3) is 0 Å². The Morgan fingerprint density at radius 2 is 1.14 bits per heavy atom. The lowest BCUT2D eigenvalue weighted by Gasteiger charge is -2.54. The molecule has 6 aliphatic rings. The maximum absolute atomic E-state index is 3.47. The number of likely N-dealkylation sites (tertiary alicyclic amines) is 3. The van der Waals surface area contributed by atoms with E-state index in [0.717, 1.165) is 12.1 Å². The summed E-state index contributed by atoms with van der Waals surface area (Å²) in [6.07, 6.45) is 11.2. The molecule has 6 rings (SSSR count). The molecule has 3 N–H and O–H groups in total. The Balaban J connectivity index is 0.000000125. The molecule has 0 aliphatic carbocycles. The smallest absolute Gasteiger partial charge is 0.0466 e. The van der Waals surface area contributed by atoms with E-state index in [1.807, 2.05) is 0 Å². The van der Waals surface area contributed by atoms with Crippen LogP contribution in [0.15, 0.2) is 0 Å². The molecule has 166 valence electrons. The number of hydrogen-bond acceptors (Lipinski definition) is 6. The summed E-state index contributed by atoms with van der Waals surface area (Å²) in [6, 6.07) is 1.75. The average molecular weight is 405 g/mol. The summed E-state index contributed by atoms with van der Waals surface area (Å²) >= 11 is 0. The van der Waals surface area contributed by atoms with E-state index >= 15 is 0 Å². The van der Waals surface area contributed by atoms with Crippen LogP contribution in [0.4, 0.5) is 0 Å². The molecule has 0 aromatic carbocycles. The molecule has 6 heterocycles. The third-order valence-electron chi connectivity index (χ3n) is 8.84. The molecule has 6 heteroatoms. The standard InChI is InChI=1S/C12H23N3.C11H21N3/c1-14-9-12(10-14)5-2-8-15(12)11-3-6-13-7-4-11;1-4-11(8-13-9-11)14(7-1)10-2-5-12-6-3-10/h11,13H,2-10H2,1H3;10,12-13H,1-9H2. The van der Waals surface area contributed by atoms with E-state index in [1.54, 1.807) is 0 Å². The predicted octanol–water partition coefficient (Wildman–Crippen LogP) is 0.695. The first-order chi connectivity index (χ1) is 14.2. The Bertz CT molecular complexity index is 531. The van der Waals surface area contributed by atoms with Crippen LogP contribution in [0, 0.1) is 0 Å². The fourth-order valence-electron chi connectivity index (χ4n) is 7.39. The average Bonchev–Trinajstić information content (AvgIpc) is 3.35. The molecule has 6 aliphatic heterocycles. The van der Waals surface area contributed by atoms with E-state index in [0.29, 0.717) is 11.1 Å². The van der Waals surface area contributed by atoms with Crippen LogP contribution in [0.3, 0.4) is 0 Å². The minimum absolute atomic E-state index is 0.585. The predicted molar refractivity (Wildman–Crippen MR) is 119 cm³/mol. The maximum Gasteiger partial charge on any atom is 0.0466 e. The summed E-state index contributed by atoms with van der Waals surface area (Å²) < 4.78 is 0. The van der Waals surface area contributed by atoms with Gasteiger partial charge in [0.25, 0.3) is 0 Å². The van der Waals surface area contributed by atoms with E-state index in [1.165, 1.54) is 117 Å². The lowest BCUT2D eigenvalue weighted by atomic mass is 9.85. The van der Waals surface area contributed by atoms with Crippen LogP contribution in [0.1, 0.15) is 51.4 Å². The van der Waals surface area contributed by atoms with Gasteiger partial charge < -0.3 is 20.9 Å². The van der Waals surface area contributed by atoms with Crippen molar-refractivity contribution in [2.75, 3.05) is 72.5 Å². The number of rotatable bonds is 2. The molecule has 2 spiro atoms. The van der Waals surface area contributed by atoms with Crippen molar-refractivity contribution >= 4 is 0 Å². The second-order valence-corrected chi connectivity index (χ2v) is 10.8. The van der Waals surface area contributed by atoms with Crippen LogP contribution < -0.4 is 16.0 Å². The van der Waals surface area contributed by atoms with Crippen molar-refractivity contribution < 1.29 is 0 Å². The Labute approximate surface area is 178 Å². The van der Waals surface area contributed by atoms with Crippen molar-refractivity contribution in [3.05, 3.63) is 0 Å². The minimum Gasteiger partial charge on any atom is -0.317 e. The van der Waals surface area contributed by atoms with Gasteiger partial charge in [0, 0.05) is 49.3 Å². The number of piperidine rings is 2. The van der Waals surface area contributed by atoms with Crippen LogP contribution in [0.5, 0.6) is 0 Å². The highest BCUT2D eigenvalue weighted by molar-refractivity contribution is 5.09. The van der Waals surface area contributed by atoms with Gasteiger partial charge in [-0.3, -0.25) is 9.80 Å².